The Morgan fingerprint density at radius 1 is 1.05 bits per heavy atom. The fraction of sp³-hybridized carbons (Fsp3) is 0.684. The average Bonchev–Trinajstić information content (AvgIpc) is 2.51. The summed E-state index contributed by atoms with van der Waals surface area (Å²) in [6, 6.07) is 9.47. The normalized spacial score (nSPS) is 28.6. The number of quaternary nitrogens is 1. The molecule has 3 nitrogen and oxygen atoms in total. The molecule has 3 rings (SSSR count). The van der Waals surface area contributed by atoms with Crippen molar-refractivity contribution in [3.05, 3.63) is 29.8 Å². The van der Waals surface area contributed by atoms with Gasteiger partial charge in [0.05, 0.1) is 39.8 Å². The van der Waals surface area contributed by atoms with E-state index in [-0.39, 0.29) is 0 Å². The molecule has 1 aliphatic carbocycles. The van der Waals surface area contributed by atoms with Crippen LogP contribution in [0.15, 0.2) is 24.3 Å². The Balaban J connectivity index is 1.52. The highest BCUT2D eigenvalue weighted by molar-refractivity contribution is 5.47. The van der Waals surface area contributed by atoms with Gasteiger partial charge in [0.15, 0.2) is 0 Å². The second kappa shape index (κ2) is 6.59. The van der Waals surface area contributed by atoms with Crippen molar-refractivity contribution in [1.29, 1.82) is 0 Å². The number of hydrogen-bond donors (Lipinski definition) is 1. The summed E-state index contributed by atoms with van der Waals surface area (Å²) in [7, 11) is 2.46. The zero-order valence-electron chi connectivity index (χ0n) is 14.3. The first kappa shape index (κ1) is 15.8. The molecule has 1 saturated heterocycles. The van der Waals surface area contributed by atoms with E-state index < -0.39 is 0 Å². The Kier molecular flexibility index (Phi) is 4.74. The zero-order chi connectivity index (χ0) is 15.6. The van der Waals surface area contributed by atoms with E-state index in [4.69, 9.17) is 5.73 Å². The molecule has 1 aromatic carbocycles. The maximum atomic E-state index is 6.04. The minimum absolute atomic E-state index is 0.472. The van der Waals surface area contributed by atoms with Crippen LogP contribution in [0.5, 0.6) is 0 Å². The molecule has 1 aromatic rings. The highest BCUT2D eigenvalue weighted by Crippen LogP contribution is 2.27. The largest absolute Gasteiger partial charge is 0.360 e. The molecule has 2 fully saturated rings. The highest BCUT2D eigenvalue weighted by atomic mass is 15.4. The van der Waals surface area contributed by atoms with Gasteiger partial charge in [0.25, 0.3) is 0 Å². The van der Waals surface area contributed by atoms with Crippen molar-refractivity contribution in [2.75, 3.05) is 44.7 Å². The molecule has 0 bridgehead atoms. The zero-order valence-corrected chi connectivity index (χ0v) is 14.3. The third-order valence-electron chi connectivity index (χ3n) is 5.81. The van der Waals surface area contributed by atoms with Crippen LogP contribution in [0.3, 0.4) is 0 Å². The van der Waals surface area contributed by atoms with Gasteiger partial charge in [0, 0.05) is 17.6 Å². The van der Waals surface area contributed by atoms with Gasteiger partial charge in [0.1, 0.15) is 0 Å². The van der Waals surface area contributed by atoms with E-state index in [1.165, 1.54) is 74.1 Å². The molecule has 3 heteroatoms. The molecule has 0 spiro atoms. The standard InChI is InChI=1S/C19H32N3/c1-16-3-9-19(10-4-16)21-11-13-22(2,14-12-21)15-17-5-7-18(20)8-6-17/h3-4,9-10,17-18H,5-8,11-15,20H2,1-2H3/q+1. The lowest BCUT2D eigenvalue weighted by Gasteiger charge is -2.45. The summed E-state index contributed by atoms with van der Waals surface area (Å²) in [4.78, 5) is 2.55. The first-order chi connectivity index (χ1) is 10.5. The lowest BCUT2D eigenvalue weighted by Crippen LogP contribution is -2.59. The average molecular weight is 302 g/mol. The number of rotatable bonds is 3. The van der Waals surface area contributed by atoms with Crippen LogP contribution in [-0.4, -0.2) is 50.3 Å². The summed E-state index contributed by atoms with van der Waals surface area (Å²) >= 11 is 0. The highest BCUT2D eigenvalue weighted by Gasteiger charge is 2.32. The molecule has 0 atom stereocenters. The van der Waals surface area contributed by atoms with E-state index in [2.05, 4.69) is 43.1 Å². The van der Waals surface area contributed by atoms with Gasteiger partial charge in [-0.2, -0.15) is 0 Å². The molecule has 0 aromatic heterocycles. The minimum Gasteiger partial charge on any atom is -0.360 e. The van der Waals surface area contributed by atoms with Gasteiger partial charge in [-0.25, -0.2) is 0 Å². The molecular formula is C19H32N3+. The molecule has 0 amide bonds. The molecular weight excluding hydrogens is 270 g/mol. The Labute approximate surface area is 135 Å². The Morgan fingerprint density at radius 2 is 1.64 bits per heavy atom. The quantitative estimate of drug-likeness (QED) is 0.870. The third-order valence-corrected chi connectivity index (χ3v) is 5.81. The van der Waals surface area contributed by atoms with Crippen LogP contribution in [-0.2, 0) is 0 Å². The summed E-state index contributed by atoms with van der Waals surface area (Å²) in [5, 5.41) is 0. The monoisotopic (exact) mass is 302 g/mol. The molecule has 22 heavy (non-hydrogen) atoms. The third kappa shape index (κ3) is 3.82. The Hall–Kier alpha value is -1.06. The van der Waals surface area contributed by atoms with E-state index in [0.29, 0.717) is 6.04 Å². The number of nitrogens with zero attached hydrogens (tertiary/aromatic N) is 2. The fourth-order valence-electron chi connectivity index (χ4n) is 4.14. The van der Waals surface area contributed by atoms with Crippen molar-refractivity contribution < 1.29 is 4.48 Å². The summed E-state index contributed by atoms with van der Waals surface area (Å²) in [6.07, 6.45) is 5.16. The maximum absolute atomic E-state index is 6.04. The number of nitrogens with two attached hydrogens (primary N) is 1. The van der Waals surface area contributed by atoms with Crippen LogP contribution in [0.25, 0.3) is 0 Å². The van der Waals surface area contributed by atoms with Crippen LogP contribution in [0.1, 0.15) is 31.2 Å². The van der Waals surface area contributed by atoms with Gasteiger partial charge in [0.2, 0.25) is 0 Å². The Morgan fingerprint density at radius 3 is 2.23 bits per heavy atom. The second-order valence-electron chi connectivity index (χ2n) is 7.85. The van der Waals surface area contributed by atoms with Crippen LogP contribution >= 0.6 is 0 Å². The van der Waals surface area contributed by atoms with Gasteiger partial charge in [-0.3, -0.25) is 0 Å². The smallest absolute Gasteiger partial charge is 0.0963 e. The molecule has 1 aliphatic heterocycles. The second-order valence-corrected chi connectivity index (χ2v) is 7.85. The van der Waals surface area contributed by atoms with Crippen molar-refractivity contribution in [1.82, 2.24) is 0 Å². The Bertz CT molecular complexity index is 466. The van der Waals surface area contributed by atoms with Gasteiger partial charge < -0.3 is 15.1 Å². The topological polar surface area (TPSA) is 29.3 Å². The number of likely N-dealkylation sites (N-methyl/N-ethyl adjacent to an activating group) is 1. The lowest BCUT2D eigenvalue weighted by molar-refractivity contribution is -0.913. The predicted octanol–water partition coefficient (Wildman–Crippen LogP) is 2.78. The van der Waals surface area contributed by atoms with Crippen molar-refractivity contribution in [2.24, 2.45) is 11.7 Å². The van der Waals surface area contributed by atoms with Crippen molar-refractivity contribution in [2.45, 2.75) is 38.6 Å². The van der Waals surface area contributed by atoms with Crippen LogP contribution < -0.4 is 10.6 Å². The van der Waals surface area contributed by atoms with Gasteiger partial charge in [-0.05, 0) is 44.7 Å². The molecule has 1 saturated carbocycles. The number of aryl methyl sites for hydroxylation is 1. The molecule has 0 radical (unpaired) electrons. The minimum atomic E-state index is 0.472. The van der Waals surface area contributed by atoms with Crippen LogP contribution in [0.4, 0.5) is 5.69 Å². The van der Waals surface area contributed by atoms with E-state index in [0.717, 1.165) is 5.92 Å². The fourth-order valence-corrected chi connectivity index (χ4v) is 4.14. The summed E-state index contributed by atoms with van der Waals surface area (Å²) in [6.45, 7) is 8.43. The van der Waals surface area contributed by atoms with Crippen molar-refractivity contribution in [3.63, 3.8) is 0 Å². The molecule has 2 N–H and O–H groups in total. The molecule has 122 valence electrons. The number of anilines is 1. The van der Waals surface area contributed by atoms with Crippen molar-refractivity contribution in [3.8, 4) is 0 Å². The predicted molar refractivity (Wildman–Crippen MR) is 94.1 cm³/mol. The molecule has 2 aliphatic rings. The SMILES string of the molecule is Cc1ccc(N2CC[N+](C)(CC3CCC(N)CC3)CC2)cc1. The first-order valence-electron chi connectivity index (χ1n) is 8.95. The van der Waals surface area contributed by atoms with E-state index in [1.54, 1.807) is 0 Å². The van der Waals surface area contributed by atoms with Gasteiger partial charge >= 0.3 is 0 Å². The van der Waals surface area contributed by atoms with Gasteiger partial charge in [-0.15, -0.1) is 0 Å². The summed E-state index contributed by atoms with van der Waals surface area (Å²) in [5.74, 6) is 0.899. The number of piperazine rings is 1. The maximum Gasteiger partial charge on any atom is 0.0963 e. The van der Waals surface area contributed by atoms with E-state index >= 15 is 0 Å². The van der Waals surface area contributed by atoms with Crippen LogP contribution in [0.2, 0.25) is 0 Å². The first-order valence-corrected chi connectivity index (χ1v) is 8.95. The van der Waals surface area contributed by atoms with E-state index in [1.807, 2.05) is 0 Å². The number of benzene rings is 1. The van der Waals surface area contributed by atoms with Gasteiger partial charge in [-0.1, -0.05) is 17.7 Å². The lowest BCUT2D eigenvalue weighted by atomic mass is 9.85. The molecule has 0 unspecified atom stereocenters. The summed E-state index contributed by atoms with van der Waals surface area (Å²) in [5.41, 5.74) is 8.78. The number of hydrogen-bond acceptors (Lipinski definition) is 2. The van der Waals surface area contributed by atoms with E-state index in [9.17, 15) is 0 Å². The van der Waals surface area contributed by atoms with Crippen LogP contribution in [0, 0.1) is 12.8 Å². The molecule has 1 heterocycles. The van der Waals surface area contributed by atoms with Crippen molar-refractivity contribution >= 4 is 5.69 Å². The summed E-state index contributed by atoms with van der Waals surface area (Å²) < 4.78 is 1.25.